The maximum atomic E-state index is 7.57. The number of nitrogens with zero attached hydrogens (tertiary/aromatic N) is 4. The van der Waals surface area contributed by atoms with Gasteiger partial charge in [-0.05, 0) is 163 Å². The maximum absolute atomic E-state index is 7.57. The Labute approximate surface area is 543 Å². The molecule has 0 radical (unpaired) electrons. The Hall–Kier alpha value is -9.40. The third-order valence-corrected chi connectivity index (χ3v) is 18.4. The molecule has 0 atom stereocenters. The van der Waals surface area contributed by atoms with Crippen molar-refractivity contribution in [1.29, 1.82) is 0 Å². The van der Waals surface area contributed by atoms with Crippen molar-refractivity contribution in [2.45, 2.75) is 158 Å². The van der Waals surface area contributed by atoms with Gasteiger partial charge >= 0.3 is 0 Å². The molecule has 8 aromatic carbocycles. The third-order valence-electron chi connectivity index (χ3n) is 18.4. The number of hydrogen-bond donors (Lipinski definition) is 0. The zero-order valence-corrected chi connectivity index (χ0v) is 56.4. The predicted molar refractivity (Wildman–Crippen MR) is 378 cm³/mol. The van der Waals surface area contributed by atoms with Gasteiger partial charge in [-0.2, -0.15) is 0 Å². The molecular weight excluding hydrogens is 1130 g/mol. The molecule has 0 saturated carbocycles. The quantitative estimate of drug-likeness (QED) is 0.149. The van der Waals surface area contributed by atoms with E-state index in [1.165, 1.54) is 22.3 Å². The molecule has 8 bridgehead atoms. The summed E-state index contributed by atoms with van der Waals surface area (Å²) in [4.78, 5) is 21.1. The molecule has 1 aliphatic rings. The lowest BCUT2D eigenvalue weighted by atomic mass is 9.79. The monoisotopic (exact) mass is 1210 g/mol. The Morgan fingerprint density at radius 1 is 0.250 bits per heavy atom. The van der Waals surface area contributed by atoms with E-state index in [1.807, 2.05) is 24.3 Å². The summed E-state index contributed by atoms with van der Waals surface area (Å²) in [5.74, 6) is 5.03. The van der Waals surface area contributed by atoms with Crippen molar-refractivity contribution in [2.75, 3.05) is 0 Å². The first-order valence-corrected chi connectivity index (χ1v) is 32.5. The average Bonchev–Trinajstić information content (AvgIpc) is 0.778. The molecule has 0 spiro atoms. The normalized spacial score (nSPS) is 13.0. The zero-order valence-electron chi connectivity index (χ0n) is 56.4. The molecule has 4 heterocycles. The molecule has 8 heteroatoms. The zero-order chi connectivity index (χ0) is 64.8. The van der Waals surface area contributed by atoms with Crippen molar-refractivity contribution < 1.29 is 18.9 Å². The SMILES string of the molecule is Cc1cc(Oc2c3cc(C(C)(C)C)cc2Cc2cc(C(C)(C)C)cc(c2Oc2cc(C)c4ccccc4n2)Cc2cc(C(C)(C)C)cc(c2Oc2cc(C)c4ccccc4n2)Cc2cc(C(C)(C)C)cc(c2Oc2cc(C)c4ccccc4n2)C3)nc2ccccc12. The first-order chi connectivity index (χ1) is 43.7. The van der Waals surface area contributed by atoms with Crippen LogP contribution in [-0.2, 0) is 47.3 Å². The summed E-state index contributed by atoms with van der Waals surface area (Å²) in [5, 5.41) is 4.33. The summed E-state index contributed by atoms with van der Waals surface area (Å²) in [5.41, 5.74) is 19.3. The number of rotatable bonds is 8. The van der Waals surface area contributed by atoms with Crippen LogP contribution in [0.4, 0.5) is 0 Å². The van der Waals surface area contributed by atoms with Gasteiger partial charge in [-0.3, -0.25) is 0 Å². The Balaban J connectivity index is 1.16. The first kappa shape index (κ1) is 61.5. The van der Waals surface area contributed by atoms with Crippen LogP contribution in [0.2, 0.25) is 0 Å². The number of fused-ring (bicyclic) bond motifs is 12. The second-order valence-electron chi connectivity index (χ2n) is 29.8. The van der Waals surface area contributed by atoms with Crippen LogP contribution in [-0.4, -0.2) is 19.9 Å². The molecule has 0 saturated heterocycles. The number of hydrogen-bond acceptors (Lipinski definition) is 8. The van der Waals surface area contributed by atoms with Gasteiger partial charge in [0.25, 0.3) is 0 Å². The van der Waals surface area contributed by atoms with Gasteiger partial charge in [-0.15, -0.1) is 0 Å². The molecule has 12 aromatic rings. The molecule has 0 N–H and O–H groups in total. The number of ether oxygens (including phenoxy) is 4. The van der Waals surface area contributed by atoms with E-state index in [1.54, 1.807) is 0 Å². The lowest BCUT2D eigenvalue weighted by Crippen LogP contribution is -2.17. The van der Waals surface area contributed by atoms with E-state index < -0.39 is 0 Å². The van der Waals surface area contributed by atoms with Crippen LogP contribution in [0.3, 0.4) is 0 Å². The molecule has 0 aliphatic heterocycles. The van der Waals surface area contributed by atoms with E-state index in [9.17, 15) is 0 Å². The molecular formula is C84H84N4O4. The molecule has 1 aliphatic carbocycles. The second-order valence-corrected chi connectivity index (χ2v) is 29.8. The van der Waals surface area contributed by atoms with Gasteiger partial charge in [0, 0.05) is 71.5 Å². The minimum Gasteiger partial charge on any atom is -0.438 e. The summed E-state index contributed by atoms with van der Waals surface area (Å²) < 4.78 is 30.3. The van der Waals surface area contributed by atoms with E-state index in [4.69, 9.17) is 38.9 Å². The molecule has 13 rings (SSSR count). The van der Waals surface area contributed by atoms with Gasteiger partial charge in [0.15, 0.2) is 0 Å². The van der Waals surface area contributed by atoms with Gasteiger partial charge in [0.05, 0.1) is 22.1 Å². The molecule has 8 nitrogen and oxygen atoms in total. The van der Waals surface area contributed by atoms with Gasteiger partial charge in [0.2, 0.25) is 23.5 Å². The second kappa shape index (κ2) is 23.4. The van der Waals surface area contributed by atoms with Gasteiger partial charge in [-0.25, -0.2) is 19.9 Å². The summed E-state index contributed by atoms with van der Waals surface area (Å²) in [6, 6.07) is 60.4. The van der Waals surface area contributed by atoms with E-state index in [0.717, 1.165) is 133 Å². The van der Waals surface area contributed by atoms with Crippen molar-refractivity contribution in [3.63, 3.8) is 0 Å². The number of benzene rings is 8. The van der Waals surface area contributed by atoms with Crippen LogP contribution >= 0.6 is 0 Å². The fourth-order valence-corrected chi connectivity index (χ4v) is 13.0. The van der Waals surface area contributed by atoms with Gasteiger partial charge in [0.1, 0.15) is 23.0 Å². The van der Waals surface area contributed by atoms with E-state index in [0.29, 0.717) is 49.2 Å². The molecule has 0 unspecified atom stereocenters. The molecule has 92 heavy (non-hydrogen) atoms. The van der Waals surface area contributed by atoms with Gasteiger partial charge < -0.3 is 18.9 Å². The largest absolute Gasteiger partial charge is 0.438 e. The highest BCUT2D eigenvalue weighted by Crippen LogP contribution is 2.48. The van der Waals surface area contributed by atoms with E-state index in [2.05, 4.69) is 256 Å². The van der Waals surface area contributed by atoms with Crippen LogP contribution in [0.25, 0.3) is 43.6 Å². The highest BCUT2D eigenvalue weighted by molar-refractivity contribution is 5.85. The van der Waals surface area contributed by atoms with Crippen LogP contribution in [0.15, 0.2) is 170 Å². The third kappa shape index (κ3) is 12.4. The smallest absolute Gasteiger partial charge is 0.220 e. The standard InChI is InChI=1S/C84H84N4O4/c1-49-33-73(85-69-29-21-17-25-65(49)69)89-77-53-37-55-43-62(82(8,9)10)45-57(78(55)90-74-34-50(2)66-26-18-22-30-70(66)86-74)39-59-47-64(84(14,15)16)48-60(80(59)92-76-36-52(4)68-28-20-24-32-72(68)88-76)40-58-46-63(83(11,12)13)44-56(38-54(77)42-61(41-53)81(5,6)7)79(58)91-75-35-51(3)67-27-19-23-31-71(67)87-75/h17-36,41-48H,37-40H2,1-16H3. The highest BCUT2D eigenvalue weighted by Gasteiger charge is 2.31. The van der Waals surface area contributed by atoms with Crippen molar-refractivity contribution in [1.82, 2.24) is 19.9 Å². The van der Waals surface area contributed by atoms with Crippen molar-refractivity contribution in [2.24, 2.45) is 0 Å². The number of pyridine rings is 4. The minimum absolute atomic E-state index is 0.280. The molecule has 0 amide bonds. The first-order valence-electron chi connectivity index (χ1n) is 32.5. The number of para-hydroxylation sites is 4. The van der Waals surface area contributed by atoms with E-state index in [-0.39, 0.29) is 21.7 Å². The Morgan fingerprint density at radius 2 is 0.424 bits per heavy atom. The number of aryl methyl sites for hydroxylation is 4. The Morgan fingerprint density at radius 3 is 0.598 bits per heavy atom. The fourth-order valence-electron chi connectivity index (χ4n) is 13.0. The van der Waals surface area contributed by atoms with E-state index >= 15 is 0 Å². The lowest BCUT2D eigenvalue weighted by Gasteiger charge is -2.29. The van der Waals surface area contributed by atoms with Crippen molar-refractivity contribution in [3.8, 4) is 46.5 Å². The number of aromatic nitrogens is 4. The Kier molecular flexibility index (Phi) is 15.6. The fraction of sp³-hybridized carbons (Fsp3) is 0.286. The van der Waals surface area contributed by atoms with Crippen LogP contribution in [0.1, 0.15) is 172 Å². The minimum atomic E-state index is -0.280. The van der Waals surface area contributed by atoms with Crippen LogP contribution < -0.4 is 18.9 Å². The highest BCUT2D eigenvalue weighted by atomic mass is 16.5. The summed E-state index contributed by atoms with van der Waals surface area (Å²) >= 11 is 0. The van der Waals surface area contributed by atoms with Gasteiger partial charge in [-0.1, -0.05) is 204 Å². The topological polar surface area (TPSA) is 88.5 Å². The molecule has 4 aromatic heterocycles. The Bertz CT molecular complexity index is 4200. The van der Waals surface area contributed by atoms with Crippen molar-refractivity contribution in [3.05, 3.63) is 259 Å². The summed E-state index contributed by atoms with van der Waals surface area (Å²) in [7, 11) is 0. The molecule has 464 valence electrons. The summed E-state index contributed by atoms with van der Waals surface area (Å²) in [6.45, 7) is 36.1. The molecule has 0 fully saturated rings. The van der Waals surface area contributed by atoms with Crippen LogP contribution in [0, 0.1) is 27.7 Å². The van der Waals surface area contributed by atoms with Crippen LogP contribution in [0.5, 0.6) is 46.5 Å². The average molecular weight is 1210 g/mol. The van der Waals surface area contributed by atoms with Crippen molar-refractivity contribution >= 4 is 43.6 Å². The summed E-state index contributed by atoms with van der Waals surface area (Å²) in [6.07, 6.45) is 1.74. The lowest BCUT2D eigenvalue weighted by molar-refractivity contribution is 0.442. The maximum Gasteiger partial charge on any atom is 0.220 e. The predicted octanol–water partition coefficient (Wildman–Crippen LogP) is 22.1.